The number of amides is 1. The van der Waals surface area contributed by atoms with E-state index >= 15 is 0 Å². The molecule has 1 amide bonds. The smallest absolute Gasteiger partial charge is 0.220 e. The molecule has 1 aliphatic heterocycles. The number of carbonyl (C=O) groups is 1. The highest BCUT2D eigenvalue weighted by Crippen LogP contribution is 2.22. The normalized spacial score (nSPS) is 18.2. The van der Waals surface area contributed by atoms with Crippen LogP contribution < -0.4 is 10.6 Å². The summed E-state index contributed by atoms with van der Waals surface area (Å²) in [5.74, 6) is 0.801. The van der Waals surface area contributed by atoms with Gasteiger partial charge in [-0.3, -0.25) is 4.79 Å². The first kappa shape index (κ1) is 16.4. The first-order valence-electron chi connectivity index (χ1n) is 8.63. The van der Waals surface area contributed by atoms with Crippen molar-refractivity contribution in [2.45, 2.75) is 38.5 Å². The average Bonchev–Trinajstić information content (AvgIpc) is 3.00. The summed E-state index contributed by atoms with van der Waals surface area (Å²) in [5.41, 5.74) is 1.09. The average molecular weight is 331 g/mol. The summed E-state index contributed by atoms with van der Waals surface area (Å²) >= 11 is 1.77. The molecule has 0 bridgehead atoms. The number of hydrogen-bond acceptors (Lipinski definition) is 4. The van der Waals surface area contributed by atoms with E-state index in [0.717, 1.165) is 44.4 Å². The summed E-state index contributed by atoms with van der Waals surface area (Å²) in [5, 5.41) is 7.64. The van der Waals surface area contributed by atoms with Crippen molar-refractivity contribution in [3.63, 3.8) is 0 Å². The molecule has 1 aliphatic rings. The van der Waals surface area contributed by atoms with Gasteiger partial charge in [-0.25, -0.2) is 4.98 Å². The van der Waals surface area contributed by atoms with E-state index in [1.54, 1.807) is 11.3 Å². The summed E-state index contributed by atoms with van der Waals surface area (Å²) in [4.78, 5) is 16.5. The summed E-state index contributed by atoms with van der Waals surface area (Å²) < 4.78 is 1.25. The number of benzene rings is 1. The predicted octanol–water partition coefficient (Wildman–Crippen LogP) is 3.12. The van der Waals surface area contributed by atoms with Crippen molar-refractivity contribution in [2.75, 3.05) is 19.6 Å². The number of thiazole rings is 1. The summed E-state index contributed by atoms with van der Waals surface area (Å²) in [7, 11) is 0. The van der Waals surface area contributed by atoms with Crippen molar-refractivity contribution in [1.29, 1.82) is 0 Å². The summed E-state index contributed by atoms with van der Waals surface area (Å²) in [6.07, 6.45) is 6.01. The molecule has 1 saturated heterocycles. The highest BCUT2D eigenvalue weighted by Gasteiger charge is 2.13. The molecule has 1 fully saturated rings. The molecule has 5 heteroatoms. The third-order valence-corrected chi connectivity index (χ3v) is 5.47. The molecule has 2 aromatic rings. The standard InChI is InChI=1S/C18H25N3OS/c22-17(20-13-14-6-5-11-19-12-14)9-3-4-10-18-21-15-7-1-2-8-16(15)23-18/h1-2,7-8,14,19H,3-6,9-13H2,(H,20,22). The second-order valence-corrected chi connectivity index (χ2v) is 7.41. The molecule has 0 saturated carbocycles. The van der Waals surface area contributed by atoms with Gasteiger partial charge in [0.15, 0.2) is 0 Å². The van der Waals surface area contributed by atoms with E-state index in [2.05, 4.69) is 33.8 Å². The summed E-state index contributed by atoms with van der Waals surface area (Å²) in [6.45, 7) is 2.98. The van der Waals surface area contributed by atoms with Crippen LogP contribution in [0.5, 0.6) is 0 Å². The van der Waals surface area contributed by atoms with E-state index in [9.17, 15) is 4.79 Å². The van der Waals surface area contributed by atoms with E-state index in [1.807, 2.05) is 6.07 Å². The summed E-state index contributed by atoms with van der Waals surface area (Å²) in [6, 6.07) is 8.25. The van der Waals surface area contributed by atoms with Crippen LogP contribution in [0.15, 0.2) is 24.3 Å². The van der Waals surface area contributed by atoms with E-state index in [0.29, 0.717) is 12.3 Å². The number of para-hydroxylation sites is 1. The number of aryl methyl sites for hydroxylation is 1. The van der Waals surface area contributed by atoms with Crippen molar-refractivity contribution in [3.05, 3.63) is 29.3 Å². The number of unbranched alkanes of at least 4 members (excludes halogenated alkanes) is 1. The zero-order chi connectivity index (χ0) is 15.9. The Labute approximate surface area is 141 Å². The van der Waals surface area contributed by atoms with Crippen LogP contribution in [0.2, 0.25) is 0 Å². The number of nitrogens with one attached hydrogen (secondary N) is 2. The molecular weight excluding hydrogens is 306 g/mol. The van der Waals surface area contributed by atoms with E-state index in [4.69, 9.17) is 0 Å². The highest BCUT2D eigenvalue weighted by atomic mass is 32.1. The molecule has 3 rings (SSSR count). The fraction of sp³-hybridized carbons (Fsp3) is 0.556. The molecular formula is C18H25N3OS. The maximum atomic E-state index is 11.9. The third kappa shape index (κ3) is 5.01. The number of aromatic nitrogens is 1. The monoisotopic (exact) mass is 331 g/mol. The lowest BCUT2D eigenvalue weighted by molar-refractivity contribution is -0.121. The molecule has 124 valence electrons. The van der Waals surface area contributed by atoms with Crippen molar-refractivity contribution < 1.29 is 4.79 Å². The highest BCUT2D eigenvalue weighted by molar-refractivity contribution is 7.18. The molecule has 2 N–H and O–H groups in total. The first-order chi connectivity index (χ1) is 11.3. The molecule has 0 aliphatic carbocycles. The van der Waals surface area contributed by atoms with Crippen LogP contribution in [-0.4, -0.2) is 30.5 Å². The Hall–Kier alpha value is -1.46. The van der Waals surface area contributed by atoms with E-state index in [-0.39, 0.29) is 5.91 Å². The van der Waals surface area contributed by atoms with Crippen molar-refractivity contribution in [2.24, 2.45) is 5.92 Å². The Morgan fingerprint density at radius 1 is 1.35 bits per heavy atom. The van der Waals surface area contributed by atoms with Gasteiger partial charge < -0.3 is 10.6 Å². The van der Waals surface area contributed by atoms with Gasteiger partial charge in [0.2, 0.25) is 5.91 Å². The lowest BCUT2D eigenvalue weighted by Crippen LogP contribution is -2.38. The Morgan fingerprint density at radius 2 is 2.26 bits per heavy atom. The molecule has 1 atom stereocenters. The fourth-order valence-corrected chi connectivity index (χ4v) is 4.04. The molecule has 23 heavy (non-hydrogen) atoms. The molecule has 2 heterocycles. The number of piperidine rings is 1. The molecule has 4 nitrogen and oxygen atoms in total. The fourth-order valence-electron chi connectivity index (χ4n) is 3.03. The molecule has 1 unspecified atom stereocenters. The van der Waals surface area contributed by atoms with Gasteiger partial charge in [0, 0.05) is 13.0 Å². The van der Waals surface area contributed by atoms with Gasteiger partial charge in [0.1, 0.15) is 0 Å². The predicted molar refractivity (Wildman–Crippen MR) is 95.8 cm³/mol. The minimum atomic E-state index is 0.194. The van der Waals surface area contributed by atoms with Crippen LogP contribution in [0, 0.1) is 5.92 Å². The van der Waals surface area contributed by atoms with Gasteiger partial charge in [0.05, 0.1) is 15.2 Å². The lowest BCUT2D eigenvalue weighted by atomic mass is 10.00. The quantitative estimate of drug-likeness (QED) is 0.767. The minimum Gasteiger partial charge on any atom is -0.356 e. The van der Waals surface area contributed by atoms with E-state index < -0.39 is 0 Å². The lowest BCUT2D eigenvalue weighted by Gasteiger charge is -2.22. The topological polar surface area (TPSA) is 54.0 Å². The van der Waals surface area contributed by atoms with Crippen LogP contribution in [0.25, 0.3) is 10.2 Å². The maximum Gasteiger partial charge on any atom is 0.220 e. The Kier molecular flexibility index (Phi) is 6.00. The second kappa shape index (κ2) is 8.41. The first-order valence-corrected chi connectivity index (χ1v) is 9.45. The van der Waals surface area contributed by atoms with Gasteiger partial charge in [-0.15, -0.1) is 11.3 Å². The van der Waals surface area contributed by atoms with Crippen LogP contribution in [0.3, 0.4) is 0 Å². The Bertz CT molecular complexity index is 601. The Morgan fingerprint density at radius 3 is 3.09 bits per heavy atom. The van der Waals surface area contributed by atoms with Crippen molar-refractivity contribution >= 4 is 27.5 Å². The van der Waals surface area contributed by atoms with Crippen molar-refractivity contribution in [1.82, 2.24) is 15.6 Å². The van der Waals surface area contributed by atoms with Gasteiger partial charge >= 0.3 is 0 Å². The number of carbonyl (C=O) groups excluding carboxylic acids is 1. The second-order valence-electron chi connectivity index (χ2n) is 6.30. The maximum absolute atomic E-state index is 11.9. The number of rotatable bonds is 7. The number of nitrogens with zero attached hydrogens (tertiary/aromatic N) is 1. The van der Waals surface area contributed by atoms with Gasteiger partial charge in [-0.05, 0) is 63.2 Å². The molecule has 1 aromatic heterocycles. The van der Waals surface area contributed by atoms with Gasteiger partial charge in [0.25, 0.3) is 0 Å². The van der Waals surface area contributed by atoms with Crippen molar-refractivity contribution in [3.8, 4) is 0 Å². The molecule has 1 aromatic carbocycles. The zero-order valence-corrected chi connectivity index (χ0v) is 14.3. The molecule has 0 spiro atoms. The minimum absolute atomic E-state index is 0.194. The Balaban J connectivity index is 1.32. The largest absolute Gasteiger partial charge is 0.356 e. The van der Waals surface area contributed by atoms with Crippen LogP contribution in [0.1, 0.15) is 37.1 Å². The van der Waals surface area contributed by atoms with Gasteiger partial charge in [-0.2, -0.15) is 0 Å². The number of fused-ring (bicyclic) bond motifs is 1. The van der Waals surface area contributed by atoms with E-state index in [1.165, 1.54) is 22.5 Å². The third-order valence-electron chi connectivity index (χ3n) is 4.37. The zero-order valence-electron chi connectivity index (χ0n) is 13.5. The van der Waals surface area contributed by atoms with Crippen LogP contribution in [0.4, 0.5) is 0 Å². The molecule has 0 radical (unpaired) electrons. The van der Waals surface area contributed by atoms with Gasteiger partial charge in [-0.1, -0.05) is 12.1 Å². The van der Waals surface area contributed by atoms with Crippen LogP contribution in [-0.2, 0) is 11.2 Å². The SMILES string of the molecule is O=C(CCCCc1nc2ccccc2s1)NCC1CCCNC1. The van der Waals surface area contributed by atoms with Crippen LogP contribution >= 0.6 is 11.3 Å². The number of hydrogen-bond donors (Lipinski definition) is 2.